The van der Waals surface area contributed by atoms with E-state index in [2.05, 4.69) is 17.6 Å². The molecule has 0 saturated carbocycles. The predicted molar refractivity (Wildman–Crippen MR) is 62.2 cm³/mol. The van der Waals surface area contributed by atoms with Crippen LogP contribution in [0.3, 0.4) is 0 Å². The van der Waals surface area contributed by atoms with Crippen LogP contribution in [0.25, 0.3) is 0 Å². The van der Waals surface area contributed by atoms with E-state index >= 15 is 0 Å². The van der Waals surface area contributed by atoms with E-state index in [0.717, 1.165) is 25.8 Å². The zero-order valence-electron chi connectivity index (χ0n) is 10.3. The smallest absolute Gasteiger partial charge is 0.252 e. The highest BCUT2D eigenvalue weighted by atomic mass is 16.5. The summed E-state index contributed by atoms with van der Waals surface area (Å²) in [6, 6.07) is 0. The molecule has 2 atom stereocenters. The van der Waals surface area contributed by atoms with Crippen molar-refractivity contribution in [3.8, 4) is 0 Å². The van der Waals surface area contributed by atoms with Crippen molar-refractivity contribution in [2.45, 2.75) is 50.7 Å². The molecule has 16 heavy (non-hydrogen) atoms. The van der Waals surface area contributed by atoms with Crippen LogP contribution in [0.1, 0.15) is 39.5 Å². The molecule has 2 fully saturated rings. The lowest BCUT2D eigenvalue weighted by Crippen LogP contribution is -2.52. The molecule has 2 rings (SSSR count). The fourth-order valence-corrected chi connectivity index (χ4v) is 2.53. The van der Waals surface area contributed by atoms with Gasteiger partial charge in [-0.1, -0.05) is 0 Å². The van der Waals surface area contributed by atoms with Crippen LogP contribution in [-0.2, 0) is 9.53 Å². The van der Waals surface area contributed by atoms with Gasteiger partial charge in [-0.15, -0.1) is 0 Å². The van der Waals surface area contributed by atoms with Crippen LogP contribution in [-0.4, -0.2) is 36.7 Å². The van der Waals surface area contributed by atoms with Crippen LogP contribution >= 0.6 is 0 Å². The molecule has 0 bridgehead atoms. The molecule has 0 aromatic carbocycles. The van der Waals surface area contributed by atoms with Crippen LogP contribution in [0.2, 0.25) is 0 Å². The molecule has 0 aromatic rings. The van der Waals surface area contributed by atoms with Gasteiger partial charge in [0.25, 0.3) is 5.91 Å². The molecule has 4 heteroatoms. The number of nitrogens with one attached hydrogen (secondary N) is 2. The van der Waals surface area contributed by atoms with Crippen molar-refractivity contribution in [2.24, 2.45) is 0 Å². The van der Waals surface area contributed by atoms with Gasteiger partial charge >= 0.3 is 0 Å². The van der Waals surface area contributed by atoms with E-state index in [9.17, 15) is 4.79 Å². The molecule has 4 nitrogen and oxygen atoms in total. The first-order valence-electron chi connectivity index (χ1n) is 6.21. The Morgan fingerprint density at radius 1 is 1.38 bits per heavy atom. The maximum Gasteiger partial charge on any atom is 0.252 e. The van der Waals surface area contributed by atoms with Gasteiger partial charge in [0.2, 0.25) is 0 Å². The first-order chi connectivity index (χ1) is 7.54. The van der Waals surface area contributed by atoms with Crippen molar-refractivity contribution in [3.63, 3.8) is 0 Å². The van der Waals surface area contributed by atoms with Gasteiger partial charge in [0.15, 0.2) is 0 Å². The van der Waals surface area contributed by atoms with Crippen molar-refractivity contribution in [3.05, 3.63) is 0 Å². The molecule has 0 spiro atoms. The summed E-state index contributed by atoms with van der Waals surface area (Å²) in [5, 5.41) is 6.46. The van der Waals surface area contributed by atoms with Crippen LogP contribution in [0, 0.1) is 0 Å². The summed E-state index contributed by atoms with van der Waals surface area (Å²) < 4.78 is 5.52. The highest BCUT2D eigenvalue weighted by Crippen LogP contribution is 2.25. The lowest BCUT2D eigenvalue weighted by atomic mass is 9.98. The second-order valence-electron chi connectivity index (χ2n) is 5.46. The first kappa shape index (κ1) is 11.9. The molecule has 0 aromatic heterocycles. The third-order valence-corrected chi connectivity index (χ3v) is 3.80. The molecule has 0 aliphatic carbocycles. The summed E-state index contributed by atoms with van der Waals surface area (Å²) in [5.41, 5.74) is -0.514. The molecule has 2 heterocycles. The van der Waals surface area contributed by atoms with E-state index in [1.165, 1.54) is 6.42 Å². The zero-order chi connectivity index (χ0) is 11.6. The van der Waals surface area contributed by atoms with Gasteiger partial charge in [0, 0.05) is 18.7 Å². The third-order valence-electron chi connectivity index (χ3n) is 3.80. The summed E-state index contributed by atoms with van der Waals surface area (Å²) in [5.74, 6) is 0.0416. The van der Waals surface area contributed by atoms with Gasteiger partial charge in [-0.25, -0.2) is 0 Å². The SMILES string of the molecule is CC1(CNC(=O)C2(C)CCCO2)CCCN1. The molecule has 2 unspecified atom stereocenters. The monoisotopic (exact) mass is 226 g/mol. The van der Waals surface area contributed by atoms with Crippen molar-refractivity contribution < 1.29 is 9.53 Å². The summed E-state index contributed by atoms with van der Waals surface area (Å²) >= 11 is 0. The number of carbonyl (C=O) groups is 1. The fourth-order valence-electron chi connectivity index (χ4n) is 2.53. The number of ether oxygens (including phenoxy) is 1. The molecule has 2 saturated heterocycles. The van der Waals surface area contributed by atoms with Gasteiger partial charge in [-0.2, -0.15) is 0 Å². The van der Waals surface area contributed by atoms with Crippen molar-refractivity contribution in [1.82, 2.24) is 10.6 Å². The maximum absolute atomic E-state index is 12.0. The van der Waals surface area contributed by atoms with Crippen LogP contribution < -0.4 is 10.6 Å². The summed E-state index contributed by atoms with van der Waals surface area (Å²) in [7, 11) is 0. The average Bonchev–Trinajstić information content (AvgIpc) is 2.86. The van der Waals surface area contributed by atoms with Gasteiger partial charge in [0.05, 0.1) is 0 Å². The average molecular weight is 226 g/mol. The Balaban J connectivity index is 1.83. The van der Waals surface area contributed by atoms with E-state index in [1.54, 1.807) is 0 Å². The maximum atomic E-state index is 12.0. The second-order valence-corrected chi connectivity index (χ2v) is 5.46. The molecule has 0 radical (unpaired) electrons. The lowest BCUT2D eigenvalue weighted by Gasteiger charge is -2.28. The fraction of sp³-hybridized carbons (Fsp3) is 0.917. The second kappa shape index (κ2) is 4.34. The van der Waals surface area contributed by atoms with Crippen LogP contribution in [0.15, 0.2) is 0 Å². The number of rotatable bonds is 3. The number of hydrogen-bond acceptors (Lipinski definition) is 3. The standard InChI is InChI=1S/C12H22N2O2/c1-11(5-3-7-14-11)9-13-10(15)12(2)6-4-8-16-12/h14H,3-9H2,1-2H3,(H,13,15). The minimum absolute atomic E-state index is 0.0416. The van der Waals surface area contributed by atoms with Crippen molar-refractivity contribution in [1.29, 1.82) is 0 Å². The molecule has 2 N–H and O–H groups in total. The van der Waals surface area contributed by atoms with Crippen molar-refractivity contribution in [2.75, 3.05) is 19.7 Å². The zero-order valence-corrected chi connectivity index (χ0v) is 10.3. The Morgan fingerprint density at radius 2 is 2.19 bits per heavy atom. The Labute approximate surface area is 97.1 Å². The third kappa shape index (κ3) is 2.38. The Morgan fingerprint density at radius 3 is 2.75 bits per heavy atom. The van der Waals surface area contributed by atoms with E-state index in [0.29, 0.717) is 13.2 Å². The van der Waals surface area contributed by atoms with Gasteiger partial charge in [0.1, 0.15) is 5.60 Å². The largest absolute Gasteiger partial charge is 0.365 e. The first-order valence-corrected chi connectivity index (χ1v) is 6.21. The van der Waals surface area contributed by atoms with E-state index in [1.807, 2.05) is 6.92 Å². The topological polar surface area (TPSA) is 50.4 Å². The number of hydrogen-bond donors (Lipinski definition) is 2. The summed E-state index contributed by atoms with van der Waals surface area (Å²) in [4.78, 5) is 12.0. The molecular formula is C12H22N2O2. The summed E-state index contributed by atoms with van der Waals surface area (Å²) in [6.07, 6.45) is 4.15. The Hall–Kier alpha value is -0.610. The van der Waals surface area contributed by atoms with Gasteiger partial charge in [-0.3, -0.25) is 4.79 Å². The summed E-state index contributed by atoms with van der Waals surface area (Å²) in [6.45, 7) is 6.52. The van der Waals surface area contributed by atoms with Gasteiger partial charge in [-0.05, 0) is 46.1 Å². The Kier molecular flexibility index (Phi) is 3.22. The molecule has 92 valence electrons. The quantitative estimate of drug-likeness (QED) is 0.749. The van der Waals surface area contributed by atoms with E-state index in [4.69, 9.17) is 4.74 Å². The lowest BCUT2D eigenvalue weighted by molar-refractivity contribution is -0.139. The highest BCUT2D eigenvalue weighted by molar-refractivity contribution is 5.85. The normalized spacial score (nSPS) is 38.9. The molecule has 1 amide bonds. The van der Waals surface area contributed by atoms with Crippen LogP contribution in [0.4, 0.5) is 0 Å². The van der Waals surface area contributed by atoms with E-state index < -0.39 is 5.60 Å². The van der Waals surface area contributed by atoms with Crippen LogP contribution in [0.5, 0.6) is 0 Å². The minimum Gasteiger partial charge on any atom is -0.365 e. The molecule has 2 aliphatic heterocycles. The Bertz CT molecular complexity index is 266. The number of amides is 1. The molecule has 2 aliphatic rings. The van der Waals surface area contributed by atoms with Crippen molar-refractivity contribution >= 4 is 5.91 Å². The highest BCUT2D eigenvalue weighted by Gasteiger charge is 2.38. The predicted octanol–water partition coefficient (Wildman–Crippen LogP) is 0.814. The minimum atomic E-state index is -0.588. The molecular weight excluding hydrogens is 204 g/mol. The van der Waals surface area contributed by atoms with E-state index in [-0.39, 0.29) is 11.4 Å². The number of carbonyl (C=O) groups excluding carboxylic acids is 1. The van der Waals surface area contributed by atoms with Gasteiger partial charge < -0.3 is 15.4 Å².